The van der Waals surface area contributed by atoms with Gasteiger partial charge in [-0.15, -0.1) is 0 Å². The number of likely N-dealkylation sites (N-methyl/N-ethyl adjacent to an activating group) is 1. The first kappa shape index (κ1) is 19.2. The van der Waals surface area contributed by atoms with E-state index in [-0.39, 0.29) is 5.75 Å². The second-order valence-corrected chi connectivity index (χ2v) is 6.98. The lowest BCUT2D eigenvalue weighted by Crippen LogP contribution is -2.44. The second-order valence-electron chi connectivity index (χ2n) is 6.98. The highest BCUT2D eigenvalue weighted by Gasteiger charge is 2.13. The minimum absolute atomic E-state index is 0.261. The summed E-state index contributed by atoms with van der Waals surface area (Å²) in [6.07, 6.45) is 1.73. The summed E-state index contributed by atoms with van der Waals surface area (Å²) in [5, 5.41) is 10.3. The van der Waals surface area contributed by atoms with E-state index in [1.54, 1.807) is 6.21 Å². The van der Waals surface area contributed by atoms with Gasteiger partial charge >= 0.3 is 0 Å². The Balaban J connectivity index is 1.67. The van der Waals surface area contributed by atoms with E-state index < -0.39 is 0 Å². The summed E-state index contributed by atoms with van der Waals surface area (Å²) in [5.41, 5.74) is 3.90. The Kier molecular flexibility index (Phi) is 6.35. The van der Waals surface area contributed by atoms with Crippen molar-refractivity contribution in [3.05, 3.63) is 48.0 Å². The second kappa shape index (κ2) is 8.91. The van der Waals surface area contributed by atoms with Crippen LogP contribution in [0.1, 0.15) is 19.4 Å². The summed E-state index contributed by atoms with van der Waals surface area (Å²) in [4.78, 5) is 11.5. The number of piperazine rings is 1. The van der Waals surface area contributed by atoms with Gasteiger partial charge in [-0.25, -0.2) is 0 Å². The molecule has 0 saturated carbocycles. The molecule has 3 rings (SSSR count). The Bertz CT molecular complexity index is 760. The Labute approximate surface area is 162 Å². The van der Waals surface area contributed by atoms with Crippen LogP contribution in [0.15, 0.2) is 47.5 Å². The van der Waals surface area contributed by atoms with Gasteiger partial charge < -0.3 is 19.8 Å². The van der Waals surface area contributed by atoms with Crippen molar-refractivity contribution in [1.82, 2.24) is 4.90 Å². The fraction of sp³-hybridized carbons (Fsp3) is 0.409. The van der Waals surface area contributed by atoms with Crippen molar-refractivity contribution in [2.75, 3.05) is 56.1 Å². The Morgan fingerprint density at radius 1 is 1.00 bits per heavy atom. The molecule has 0 unspecified atom stereocenters. The van der Waals surface area contributed by atoms with E-state index in [2.05, 4.69) is 52.7 Å². The maximum atomic E-state index is 10.3. The van der Waals surface area contributed by atoms with Crippen LogP contribution in [0.2, 0.25) is 0 Å². The zero-order chi connectivity index (χ0) is 19.2. The molecule has 1 N–H and O–H groups in total. The largest absolute Gasteiger partial charge is 0.507 e. The van der Waals surface area contributed by atoms with Crippen LogP contribution in [0, 0.1) is 0 Å². The van der Waals surface area contributed by atoms with Gasteiger partial charge in [0.25, 0.3) is 0 Å². The van der Waals surface area contributed by atoms with E-state index in [1.807, 2.05) is 30.3 Å². The highest BCUT2D eigenvalue weighted by molar-refractivity contribution is 5.86. The van der Waals surface area contributed by atoms with E-state index in [0.717, 1.165) is 56.2 Å². The van der Waals surface area contributed by atoms with Gasteiger partial charge in [0.1, 0.15) is 5.75 Å². The number of anilines is 2. The smallest absolute Gasteiger partial charge is 0.126 e. The first-order valence-electron chi connectivity index (χ1n) is 9.76. The van der Waals surface area contributed by atoms with E-state index in [1.165, 1.54) is 5.69 Å². The topological polar surface area (TPSA) is 42.3 Å². The quantitative estimate of drug-likeness (QED) is 0.791. The van der Waals surface area contributed by atoms with Crippen molar-refractivity contribution in [2.24, 2.45) is 4.99 Å². The van der Waals surface area contributed by atoms with Gasteiger partial charge in [-0.3, -0.25) is 4.99 Å². The lowest BCUT2D eigenvalue weighted by molar-refractivity contribution is 0.313. The van der Waals surface area contributed by atoms with Crippen molar-refractivity contribution in [3.63, 3.8) is 0 Å². The third kappa shape index (κ3) is 4.80. The molecule has 0 bridgehead atoms. The molecule has 1 aliphatic heterocycles. The molecule has 5 nitrogen and oxygen atoms in total. The summed E-state index contributed by atoms with van der Waals surface area (Å²) < 4.78 is 0. The fourth-order valence-electron chi connectivity index (χ4n) is 3.38. The molecule has 1 saturated heterocycles. The normalized spacial score (nSPS) is 15.4. The molecule has 0 aromatic heterocycles. The minimum Gasteiger partial charge on any atom is -0.507 e. The number of aliphatic imine (C=N–C) groups is 1. The molecule has 0 spiro atoms. The predicted octanol–water partition coefficient (Wildman–Crippen LogP) is 3.74. The van der Waals surface area contributed by atoms with E-state index in [4.69, 9.17) is 0 Å². The number of hydrogen-bond acceptors (Lipinski definition) is 5. The van der Waals surface area contributed by atoms with E-state index in [0.29, 0.717) is 0 Å². The van der Waals surface area contributed by atoms with Crippen LogP contribution < -0.4 is 9.80 Å². The van der Waals surface area contributed by atoms with Gasteiger partial charge in [0, 0.05) is 68.5 Å². The summed E-state index contributed by atoms with van der Waals surface area (Å²) in [5.74, 6) is 0.261. The number of rotatable bonds is 6. The standard InChI is InChI=1S/C22H30N4O/c1-4-25(5-2)21-9-6-18(22(27)16-21)17-23-19-7-10-20(11-8-19)26-14-12-24(3)13-15-26/h6-11,16-17,27H,4-5,12-15H2,1-3H3. The van der Waals surface area contributed by atoms with Gasteiger partial charge in [0.05, 0.1) is 5.69 Å². The zero-order valence-electron chi connectivity index (χ0n) is 16.6. The third-order valence-electron chi connectivity index (χ3n) is 5.21. The van der Waals surface area contributed by atoms with Crippen LogP contribution in [0.5, 0.6) is 5.75 Å². The highest BCUT2D eigenvalue weighted by atomic mass is 16.3. The van der Waals surface area contributed by atoms with E-state index in [9.17, 15) is 5.11 Å². The minimum atomic E-state index is 0.261. The molecule has 0 radical (unpaired) electrons. The van der Waals surface area contributed by atoms with Crippen LogP contribution >= 0.6 is 0 Å². The molecular weight excluding hydrogens is 336 g/mol. The predicted molar refractivity (Wildman–Crippen MR) is 115 cm³/mol. The molecule has 144 valence electrons. The number of aromatic hydroxyl groups is 1. The van der Waals surface area contributed by atoms with Crippen LogP contribution in [0.25, 0.3) is 0 Å². The molecular formula is C22H30N4O. The maximum Gasteiger partial charge on any atom is 0.126 e. The molecule has 0 atom stereocenters. The Hall–Kier alpha value is -2.53. The molecule has 27 heavy (non-hydrogen) atoms. The fourth-order valence-corrected chi connectivity index (χ4v) is 3.38. The summed E-state index contributed by atoms with van der Waals surface area (Å²) in [7, 11) is 2.17. The molecule has 1 aliphatic rings. The SMILES string of the molecule is CCN(CC)c1ccc(C=Nc2ccc(N3CCN(C)CC3)cc2)c(O)c1. The van der Waals surface area contributed by atoms with Gasteiger partial charge in [0.2, 0.25) is 0 Å². The molecule has 1 fully saturated rings. The highest BCUT2D eigenvalue weighted by Crippen LogP contribution is 2.25. The van der Waals surface area contributed by atoms with Crippen molar-refractivity contribution in [2.45, 2.75) is 13.8 Å². The first-order chi connectivity index (χ1) is 13.1. The van der Waals surface area contributed by atoms with Gasteiger partial charge in [0.15, 0.2) is 0 Å². The molecule has 1 heterocycles. The Morgan fingerprint density at radius 2 is 1.67 bits per heavy atom. The third-order valence-corrected chi connectivity index (χ3v) is 5.21. The average Bonchev–Trinajstić information content (AvgIpc) is 2.69. The average molecular weight is 367 g/mol. The Morgan fingerprint density at radius 3 is 2.26 bits per heavy atom. The monoisotopic (exact) mass is 366 g/mol. The van der Waals surface area contributed by atoms with Crippen molar-refractivity contribution in [1.29, 1.82) is 0 Å². The summed E-state index contributed by atoms with van der Waals surface area (Å²) in [6.45, 7) is 10.4. The van der Waals surface area contributed by atoms with Gasteiger partial charge in [-0.05, 0) is 57.3 Å². The van der Waals surface area contributed by atoms with Gasteiger partial charge in [-0.1, -0.05) is 0 Å². The molecule has 5 heteroatoms. The number of benzene rings is 2. The summed E-state index contributed by atoms with van der Waals surface area (Å²) in [6, 6.07) is 14.1. The zero-order valence-corrected chi connectivity index (χ0v) is 16.6. The number of phenolic OH excluding ortho intramolecular Hbond substituents is 1. The van der Waals surface area contributed by atoms with Gasteiger partial charge in [-0.2, -0.15) is 0 Å². The lowest BCUT2D eigenvalue weighted by Gasteiger charge is -2.34. The molecule has 0 aliphatic carbocycles. The van der Waals surface area contributed by atoms with Crippen molar-refractivity contribution < 1.29 is 5.11 Å². The number of phenols is 1. The van der Waals surface area contributed by atoms with Crippen LogP contribution in [-0.2, 0) is 0 Å². The maximum absolute atomic E-state index is 10.3. The van der Waals surface area contributed by atoms with Crippen LogP contribution in [-0.4, -0.2) is 62.5 Å². The van der Waals surface area contributed by atoms with Crippen LogP contribution in [0.4, 0.5) is 17.1 Å². The number of hydrogen-bond donors (Lipinski definition) is 1. The number of nitrogens with zero attached hydrogens (tertiary/aromatic N) is 4. The molecule has 2 aromatic rings. The molecule has 0 amide bonds. The first-order valence-corrected chi connectivity index (χ1v) is 9.76. The van der Waals surface area contributed by atoms with Crippen molar-refractivity contribution >= 4 is 23.3 Å². The summed E-state index contributed by atoms with van der Waals surface area (Å²) >= 11 is 0. The molecule has 2 aromatic carbocycles. The lowest BCUT2D eigenvalue weighted by atomic mass is 10.1. The van der Waals surface area contributed by atoms with Crippen molar-refractivity contribution in [3.8, 4) is 5.75 Å². The van der Waals surface area contributed by atoms with Crippen LogP contribution in [0.3, 0.4) is 0 Å². The van der Waals surface area contributed by atoms with E-state index >= 15 is 0 Å².